The Morgan fingerprint density at radius 3 is 2.56 bits per heavy atom. The van der Waals surface area contributed by atoms with Gasteiger partial charge in [-0.2, -0.15) is 0 Å². The van der Waals surface area contributed by atoms with Crippen LogP contribution in [0.5, 0.6) is 5.75 Å². The van der Waals surface area contributed by atoms with Crippen molar-refractivity contribution in [2.75, 3.05) is 18.5 Å². The number of allylic oxidation sites excluding steroid dienone is 2. The highest BCUT2D eigenvalue weighted by molar-refractivity contribution is 5.93. The summed E-state index contributed by atoms with van der Waals surface area (Å²) in [6, 6.07) is 7.34. The molecular weight excluding hydrogens is 228 g/mol. The van der Waals surface area contributed by atoms with E-state index in [1.807, 2.05) is 36.4 Å². The minimum absolute atomic E-state index is 0.0793. The molecule has 0 saturated carbocycles. The molecule has 2 rings (SSSR count). The maximum Gasteiger partial charge on any atom is 0.228 e. The van der Waals surface area contributed by atoms with Crippen molar-refractivity contribution in [1.29, 1.82) is 0 Å². The fourth-order valence-corrected chi connectivity index (χ4v) is 1.89. The summed E-state index contributed by atoms with van der Waals surface area (Å²) < 4.78 is 5.37. The average molecular weight is 246 g/mol. The molecule has 18 heavy (non-hydrogen) atoms. The Morgan fingerprint density at radius 1 is 1.28 bits per heavy atom. The van der Waals surface area contributed by atoms with Crippen LogP contribution in [0.4, 0.5) is 5.69 Å². The van der Waals surface area contributed by atoms with Crippen LogP contribution in [0, 0.1) is 5.92 Å². The normalized spacial score (nSPS) is 14.7. The van der Waals surface area contributed by atoms with E-state index in [-0.39, 0.29) is 11.8 Å². The highest BCUT2D eigenvalue weighted by Crippen LogP contribution is 2.21. The number of nitrogens with one attached hydrogen (secondary N) is 1. The third kappa shape index (κ3) is 3.34. The third-order valence-electron chi connectivity index (χ3n) is 2.89. The molecule has 0 bridgehead atoms. The van der Waals surface area contributed by atoms with Crippen LogP contribution in [-0.2, 0) is 4.79 Å². The first-order valence-corrected chi connectivity index (χ1v) is 6.18. The monoisotopic (exact) mass is 246 g/mol. The Bertz CT molecular complexity index is 418. The lowest BCUT2D eigenvalue weighted by molar-refractivity contribution is -0.119. The van der Waals surface area contributed by atoms with Gasteiger partial charge >= 0.3 is 0 Å². The van der Waals surface area contributed by atoms with Crippen molar-refractivity contribution in [2.24, 2.45) is 11.7 Å². The van der Waals surface area contributed by atoms with E-state index in [0.717, 1.165) is 24.3 Å². The molecule has 0 saturated heterocycles. The second-order valence-electron chi connectivity index (χ2n) is 4.29. The second kappa shape index (κ2) is 6.21. The number of benzene rings is 1. The fourth-order valence-electron chi connectivity index (χ4n) is 1.89. The van der Waals surface area contributed by atoms with Gasteiger partial charge in [0.1, 0.15) is 12.4 Å². The number of ether oxygens (including phenoxy) is 1. The molecule has 0 aliphatic heterocycles. The van der Waals surface area contributed by atoms with E-state index in [1.54, 1.807) is 0 Å². The molecule has 0 fully saturated rings. The molecule has 4 nitrogen and oxygen atoms in total. The lowest BCUT2D eigenvalue weighted by Crippen LogP contribution is -2.20. The zero-order chi connectivity index (χ0) is 12.8. The molecule has 1 aliphatic carbocycles. The summed E-state index contributed by atoms with van der Waals surface area (Å²) in [6.07, 6.45) is 5.77. The van der Waals surface area contributed by atoms with Gasteiger partial charge in [-0.3, -0.25) is 4.79 Å². The molecule has 1 amide bonds. The van der Waals surface area contributed by atoms with Crippen LogP contribution >= 0.6 is 0 Å². The van der Waals surface area contributed by atoms with Gasteiger partial charge in [-0.15, -0.1) is 0 Å². The van der Waals surface area contributed by atoms with Crippen LogP contribution in [-0.4, -0.2) is 19.1 Å². The standard InChI is InChI=1S/C14H18N2O2/c15-9-10-18-13-7-5-12(6-8-13)16-14(17)11-3-1-2-4-11/h1-2,5-8,11H,3-4,9-10,15H2,(H,16,17). The zero-order valence-corrected chi connectivity index (χ0v) is 10.3. The van der Waals surface area contributed by atoms with E-state index >= 15 is 0 Å². The predicted molar refractivity (Wildman–Crippen MR) is 71.5 cm³/mol. The Balaban J connectivity index is 1.87. The molecule has 4 heteroatoms. The second-order valence-corrected chi connectivity index (χ2v) is 4.29. The van der Waals surface area contributed by atoms with Crippen molar-refractivity contribution < 1.29 is 9.53 Å². The number of carbonyl (C=O) groups excluding carboxylic acids is 1. The molecule has 0 heterocycles. The van der Waals surface area contributed by atoms with E-state index in [2.05, 4.69) is 5.32 Å². The summed E-state index contributed by atoms with van der Waals surface area (Å²) >= 11 is 0. The molecule has 1 aromatic carbocycles. The number of anilines is 1. The number of carbonyl (C=O) groups is 1. The van der Waals surface area contributed by atoms with Crippen LogP contribution in [0.2, 0.25) is 0 Å². The number of rotatable bonds is 5. The molecule has 0 aromatic heterocycles. The van der Waals surface area contributed by atoms with E-state index in [9.17, 15) is 4.79 Å². The van der Waals surface area contributed by atoms with Gasteiger partial charge in [0.05, 0.1) is 0 Å². The summed E-state index contributed by atoms with van der Waals surface area (Å²) in [5.74, 6) is 0.926. The summed E-state index contributed by atoms with van der Waals surface area (Å²) in [5, 5.41) is 2.91. The number of hydrogen-bond donors (Lipinski definition) is 2. The quantitative estimate of drug-likeness (QED) is 0.780. The predicted octanol–water partition coefficient (Wildman–Crippen LogP) is 1.93. The highest BCUT2D eigenvalue weighted by atomic mass is 16.5. The SMILES string of the molecule is NCCOc1ccc(NC(=O)C2CC=CC2)cc1. The molecule has 3 N–H and O–H groups in total. The van der Waals surface area contributed by atoms with Crippen LogP contribution in [0.3, 0.4) is 0 Å². The molecule has 0 radical (unpaired) electrons. The van der Waals surface area contributed by atoms with Crippen molar-refractivity contribution in [3.05, 3.63) is 36.4 Å². The smallest absolute Gasteiger partial charge is 0.228 e. The fraction of sp³-hybridized carbons (Fsp3) is 0.357. The van der Waals surface area contributed by atoms with Gasteiger partial charge in [0, 0.05) is 18.2 Å². The van der Waals surface area contributed by atoms with E-state index in [0.29, 0.717) is 13.2 Å². The Morgan fingerprint density at radius 2 is 1.94 bits per heavy atom. The minimum atomic E-state index is 0.0793. The topological polar surface area (TPSA) is 64.3 Å². The van der Waals surface area contributed by atoms with Gasteiger partial charge in [-0.25, -0.2) is 0 Å². The molecule has 1 aromatic rings. The molecule has 0 unspecified atom stereocenters. The molecular formula is C14H18N2O2. The summed E-state index contributed by atoms with van der Waals surface area (Å²) in [6.45, 7) is 0.993. The Kier molecular flexibility index (Phi) is 4.36. The molecule has 96 valence electrons. The van der Waals surface area contributed by atoms with Crippen LogP contribution < -0.4 is 15.8 Å². The van der Waals surface area contributed by atoms with Crippen LogP contribution in [0.25, 0.3) is 0 Å². The van der Waals surface area contributed by atoms with Gasteiger partial charge in [-0.05, 0) is 37.1 Å². The highest BCUT2D eigenvalue weighted by Gasteiger charge is 2.18. The summed E-state index contributed by atoms with van der Waals surface area (Å²) in [5.41, 5.74) is 6.15. The van der Waals surface area contributed by atoms with Crippen molar-refractivity contribution in [2.45, 2.75) is 12.8 Å². The van der Waals surface area contributed by atoms with Gasteiger partial charge < -0.3 is 15.8 Å². The largest absolute Gasteiger partial charge is 0.492 e. The summed E-state index contributed by atoms with van der Waals surface area (Å²) in [4.78, 5) is 11.9. The van der Waals surface area contributed by atoms with Crippen LogP contribution in [0.1, 0.15) is 12.8 Å². The van der Waals surface area contributed by atoms with Gasteiger partial charge in [0.15, 0.2) is 0 Å². The Labute approximate surface area is 107 Å². The van der Waals surface area contributed by atoms with Crippen molar-refractivity contribution in [1.82, 2.24) is 0 Å². The Hall–Kier alpha value is -1.81. The maximum atomic E-state index is 11.9. The minimum Gasteiger partial charge on any atom is -0.492 e. The number of nitrogens with two attached hydrogens (primary N) is 1. The maximum absolute atomic E-state index is 11.9. The number of hydrogen-bond acceptors (Lipinski definition) is 3. The van der Waals surface area contributed by atoms with E-state index in [1.165, 1.54) is 0 Å². The van der Waals surface area contributed by atoms with Gasteiger partial charge in [-0.1, -0.05) is 12.2 Å². The van der Waals surface area contributed by atoms with Gasteiger partial charge in [0.2, 0.25) is 5.91 Å². The average Bonchev–Trinajstić information content (AvgIpc) is 2.92. The van der Waals surface area contributed by atoms with Crippen LogP contribution in [0.15, 0.2) is 36.4 Å². The third-order valence-corrected chi connectivity index (χ3v) is 2.89. The lowest BCUT2D eigenvalue weighted by Gasteiger charge is -2.11. The van der Waals surface area contributed by atoms with E-state index in [4.69, 9.17) is 10.5 Å². The first-order valence-electron chi connectivity index (χ1n) is 6.18. The van der Waals surface area contributed by atoms with Gasteiger partial charge in [0.25, 0.3) is 0 Å². The first-order chi connectivity index (χ1) is 8.79. The lowest BCUT2D eigenvalue weighted by atomic mass is 10.1. The molecule has 0 atom stereocenters. The molecule has 1 aliphatic rings. The molecule has 0 spiro atoms. The van der Waals surface area contributed by atoms with E-state index < -0.39 is 0 Å². The summed E-state index contributed by atoms with van der Waals surface area (Å²) in [7, 11) is 0. The zero-order valence-electron chi connectivity index (χ0n) is 10.3. The number of amides is 1. The van der Waals surface area contributed by atoms with Crippen molar-refractivity contribution in [3.63, 3.8) is 0 Å². The van der Waals surface area contributed by atoms with Crippen molar-refractivity contribution in [3.8, 4) is 5.75 Å². The van der Waals surface area contributed by atoms with Crippen molar-refractivity contribution >= 4 is 11.6 Å². The first kappa shape index (κ1) is 12.6.